The molecule has 1 heterocycles. The van der Waals surface area contributed by atoms with Gasteiger partial charge in [0.25, 0.3) is 0 Å². The minimum Gasteiger partial charge on any atom is -0.358 e. The molecular weight excluding hydrogens is 206 g/mol. The molecule has 0 atom stereocenters. The minimum atomic E-state index is 0.832. The van der Waals surface area contributed by atoms with Crippen molar-refractivity contribution in [3.63, 3.8) is 0 Å². The van der Waals surface area contributed by atoms with Gasteiger partial charge in [-0.05, 0) is 37.3 Å². The Bertz CT molecular complexity index is 479. The van der Waals surface area contributed by atoms with Gasteiger partial charge in [-0.15, -0.1) is 0 Å². The van der Waals surface area contributed by atoms with E-state index in [2.05, 4.69) is 50.0 Å². The van der Waals surface area contributed by atoms with Gasteiger partial charge >= 0.3 is 0 Å². The van der Waals surface area contributed by atoms with Crippen LogP contribution in [0.25, 0.3) is 10.9 Å². The maximum absolute atomic E-state index is 3.48. The number of unbranched alkanes of at least 4 members (excludes halogenated alkanes) is 1. The number of aromatic nitrogens is 1. The van der Waals surface area contributed by atoms with Crippen molar-refractivity contribution in [3.8, 4) is 0 Å². The lowest BCUT2D eigenvalue weighted by Crippen LogP contribution is -1.91. The van der Waals surface area contributed by atoms with E-state index in [1.165, 1.54) is 47.8 Å². The van der Waals surface area contributed by atoms with Crippen LogP contribution in [0, 0.1) is 12.8 Å². The van der Waals surface area contributed by atoms with E-state index in [0.29, 0.717) is 0 Å². The third-order valence-electron chi connectivity index (χ3n) is 3.49. The van der Waals surface area contributed by atoms with Crippen LogP contribution in [0.1, 0.15) is 44.4 Å². The van der Waals surface area contributed by atoms with Gasteiger partial charge < -0.3 is 4.98 Å². The van der Waals surface area contributed by atoms with Gasteiger partial charge in [0.1, 0.15) is 0 Å². The Hall–Kier alpha value is -1.24. The van der Waals surface area contributed by atoms with E-state index >= 15 is 0 Å². The molecule has 0 spiro atoms. The van der Waals surface area contributed by atoms with Crippen LogP contribution in [0.2, 0.25) is 0 Å². The van der Waals surface area contributed by atoms with E-state index in [9.17, 15) is 0 Å². The topological polar surface area (TPSA) is 15.8 Å². The highest BCUT2D eigenvalue weighted by Crippen LogP contribution is 2.23. The summed E-state index contributed by atoms with van der Waals surface area (Å²) in [6, 6.07) is 8.63. The molecule has 1 aromatic carbocycles. The molecule has 17 heavy (non-hydrogen) atoms. The van der Waals surface area contributed by atoms with Gasteiger partial charge in [0.2, 0.25) is 0 Å². The Balaban J connectivity index is 2.05. The summed E-state index contributed by atoms with van der Waals surface area (Å²) < 4.78 is 0. The first-order valence-electron chi connectivity index (χ1n) is 6.74. The van der Waals surface area contributed by atoms with Crippen LogP contribution in [-0.2, 0) is 6.42 Å². The Morgan fingerprint density at radius 2 is 1.88 bits per heavy atom. The van der Waals surface area contributed by atoms with Crippen LogP contribution in [0.5, 0.6) is 0 Å². The van der Waals surface area contributed by atoms with Gasteiger partial charge in [-0.1, -0.05) is 44.9 Å². The highest BCUT2D eigenvalue weighted by Gasteiger charge is 2.07. The first-order valence-corrected chi connectivity index (χ1v) is 6.74. The van der Waals surface area contributed by atoms with Gasteiger partial charge in [-0.3, -0.25) is 0 Å². The average molecular weight is 229 g/mol. The molecule has 0 aliphatic carbocycles. The summed E-state index contributed by atoms with van der Waals surface area (Å²) in [5.41, 5.74) is 4.14. The number of para-hydroxylation sites is 1. The standard InChI is InChI=1S/C16H23N/c1-12(2)8-4-5-9-14-13(3)17-16-11-7-6-10-15(14)16/h6-7,10-12,17H,4-5,8-9H2,1-3H3. The monoisotopic (exact) mass is 229 g/mol. The minimum absolute atomic E-state index is 0.832. The first kappa shape index (κ1) is 12.2. The fraction of sp³-hybridized carbons (Fsp3) is 0.500. The summed E-state index contributed by atoms with van der Waals surface area (Å²) in [5, 5.41) is 1.41. The largest absolute Gasteiger partial charge is 0.358 e. The third-order valence-corrected chi connectivity index (χ3v) is 3.49. The smallest absolute Gasteiger partial charge is 0.0458 e. The maximum Gasteiger partial charge on any atom is 0.0458 e. The van der Waals surface area contributed by atoms with Gasteiger partial charge in [0, 0.05) is 16.6 Å². The SMILES string of the molecule is Cc1[nH]c2ccccc2c1CCCCC(C)C. The molecule has 1 heteroatoms. The molecule has 2 aromatic rings. The van der Waals surface area contributed by atoms with E-state index in [-0.39, 0.29) is 0 Å². The number of aromatic amines is 1. The van der Waals surface area contributed by atoms with Crippen molar-refractivity contribution >= 4 is 10.9 Å². The van der Waals surface area contributed by atoms with Gasteiger partial charge in [0.15, 0.2) is 0 Å². The number of benzene rings is 1. The van der Waals surface area contributed by atoms with Crippen molar-refractivity contribution < 1.29 is 0 Å². The van der Waals surface area contributed by atoms with Gasteiger partial charge in [-0.2, -0.15) is 0 Å². The lowest BCUT2D eigenvalue weighted by atomic mass is 10.0. The first-order chi connectivity index (χ1) is 8.18. The molecule has 1 nitrogen and oxygen atoms in total. The molecule has 0 saturated carbocycles. The quantitative estimate of drug-likeness (QED) is 0.706. The molecule has 0 aliphatic heterocycles. The van der Waals surface area contributed by atoms with Crippen molar-refractivity contribution in [1.29, 1.82) is 0 Å². The van der Waals surface area contributed by atoms with Crippen LogP contribution in [-0.4, -0.2) is 4.98 Å². The Morgan fingerprint density at radius 3 is 2.65 bits per heavy atom. The molecule has 1 aromatic heterocycles. The third kappa shape index (κ3) is 2.91. The van der Waals surface area contributed by atoms with Crippen LogP contribution >= 0.6 is 0 Å². The normalized spacial score (nSPS) is 11.5. The molecule has 0 saturated heterocycles. The van der Waals surface area contributed by atoms with Crippen LogP contribution < -0.4 is 0 Å². The number of rotatable bonds is 5. The number of hydrogen-bond donors (Lipinski definition) is 1. The van der Waals surface area contributed by atoms with E-state index in [4.69, 9.17) is 0 Å². The maximum atomic E-state index is 3.48. The van der Waals surface area contributed by atoms with Crippen molar-refractivity contribution in [2.24, 2.45) is 5.92 Å². The van der Waals surface area contributed by atoms with Gasteiger partial charge in [-0.25, -0.2) is 0 Å². The van der Waals surface area contributed by atoms with E-state index < -0.39 is 0 Å². The summed E-state index contributed by atoms with van der Waals surface area (Å²) in [4.78, 5) is 3.48. The van der Waals surface area contributed by atoms with E-state index in [1.54, 1.807) is 0 Å². The summed E-state index contributed by atoms with van der Waals surface area (Å²) in [6.07, 6.45) is 5.21. The highest BCUT2D eigenvalue weighted by atomic mass is 14.7. The number of aryl methyl sites for hydroxylation is 2. The van der Waals surface area contributed by atoms with Gasteiger partial charge in [0.05, 0.1) is 0 Å². The van der Waals surface area contributed by atoms with Crippen molar-refractivity contribution in [2.45, 2.75) is 46.5 Å². The van der Waals surface area contributed by atoms with E-state index in [1.807, 2.05) is 0 Å². The Labute approximate surface area is 104 Å². The second-order valence-electron chi connectivity index (χ2n) is 5.41. The van der Waals surface area contributed by atoms with E-state index in [0.717, 1.165) is 5.92 Å². The lowest BCUT2D eigenvalue weighted by Gasteiger charge is -2.04. The molecule has 0 radical (unpaired) electrons. The summed E-state index contributed by atoms with van der Waals surface area (Å²) in [5.74, 6) is 0.832. The summed E-state index contributed by atoms with van der Waals surface area (Å²) in [7, 11) is 0. The molecule has 0 fully saturated rings. The van der Waals surface area contributed by atoms with Crippen LogP contribution in [0.15, 0.2) is 24.3 Å². The highest BCUT2D eigenvalue weighted by molar-refractivity contribution is 5.84. The molecular formula is C16H23N. The fourth-order valence-electron chi connectivity index (χ4n) is 2.51. The summed E-state index contributed by atoms with van der Waals surface area (Å²) in [6.45, 7) is 6.80. The van der Waals surface area contributed by atoms with Crippen LogP contribution in [0.4, 0.5) is 0 Å². The number of fused-ring (bicyclic) bond motifs is 1. The number of H-pyrrole nitrogens is 1. The zero-order valence-electron chi connectivity index (χ0n) is 11.2. The molecule has 2 rings (SSSR count). The summed E-state index contributed by atoms with van der Waals surface area (Å²) >= 11 is 0. The second-order valence-corrected chi connectivity index (χ2v) is 5.41. The molecule has 0 unspecified atom stereocenters. The zero-order valence-corrected chi connectivity index (χ0v) is 11.2. The molecule has 92 valence electrons. The predicted octanol–water partition coefficient (Wildman–Crippen LogP) is 4.85. The van der Waals surface area contributed by atoms with Crippen molar-refractivity contribution in [3.05, 3.63) is 35.5 Å². The van der Waals surface area contributed by atoms with Crippen molar-refractivity contribution in [1.82, 2.24) is 4.98 Å². The van der Waals surface area contributed by atoms with Crippen LogP contribution in [0.3, 0.4) is 0 Å². The molecule has 0 amide bonds. The Kier molecular flexibility index (Phi) is 3.88. The average Bonchev–Trinajstić information content (AvgIpc) is 2.60. The lowest BCUT2D eigenvalue weighted by molar-refractivity contribution is 0.538. The Morgan fingerprint density at radius 1 is 1.12 bits per heavy atom. The molecule has 1 N–H and O–H groups in total. The second kappa shape index (κ2) is 5.39. The van der Waals surface area contributed by atoms with Crippen molar-refractivity contribution in [2.75, 3.05) is 0 Å². The zero-order chi connectivity index (χ0) is 12.3. The number of nitrogens with one attached hydrogen (secondary N) is 1. The molecule has 0 aliphatic rings. The molecule has 0 bridgehead atoms. The predicted molar refractivity (Wildman–Crippen MR) is 75.4 cm³/mol. The fourth-order valence-corrected chi connectivity index (χ4v) is 2.51. The number of hydrogen-bond acceptors (Lipinski definition) is 0.